The molecule has 0 saturated carbocycles. The molecule has 0 unspecified atom stereocenters. The van der Waals surface area contributed by atoms with Crippen LogP contribution in [-0.4, -0.2) is 51.8 Å². The third-order valence-electron chi connectivity index (χ3n) is 2.14. The van der Waals surface area contributed by atoms with E-state index in [-0.39, 0.29) is 18.6 Å². The molecule has 0 bridgehead atoms. The van der Waals surface area contributed by atoms with E-state index in [9.17, 15) is 19.2 Å². The number of rotatable bonds is 8. The lowest BCUT2D eigenvalue weighted by atomic mass is 10.1. The third-order valence-corrected chi connectivity index (χ3v) is 2.50. The maximum Gasteiger partial charge on any atom is 0.326 e. The van der Waals surface area contributed by atoms with E-state index < -0.39 is 35.8 Å². The first-order chi connectivity index (χ1) is 8.77. The SMILES string of the molecule is CC(=O)N[C@@H](CS)C(=O)N[C@@H](CCC(=O)O)C(=O)O. The number of hydrogen-bond donors (Lipinski definition) is 5. The molecule has 8 nitrogen and oxygen atoms in total. The molecule has 0 aliphatic carbocycles. The highest BCUT2D eigenvalue weighted by atomic mass is 32.1. The fourth-order valence-corrected chi connectivity index (χ4v) is 1.49. The molecule has 2 atom stereocenters. The number of carboxylic acids is 2. The molecule has 2 amide bonds. The summed E-state index contributed by atoms with van der Waals surface area (Å²) in [6.07, 6.45) is -0.626. The maximum absolute atomic E-state index is 11.7. The molecule has 19 heavy (non-hydrogen) atoms. The molecule has 0 fully saturated rings. The zero-order valence-corrected chi connectivity index (χ0v) is 11.1. The van der Waals surface area contributed by atoms with E-state index in [1.54, 1.807) is 0 Å². The van der Waals surface area contributed by atoms with Gasteiger partial charge in [0.25, 0.3) is 0 Å². The first-order valence-electron chi connectivity index (χ1n) is 5.40. The molecule has 0 aliphatic rings. The zero-order valence-electron chi connectivity index (χ0n) is 10.3. The second-order valence-corrected chi connectivity index (χ2v) is 4.13. The number of carboxylic acid groups (broad SMARTS) is 2. The van der Waals surface area contributed by atoms with Crippen molar-refractivity contribution in [2.45, 2.75) is 31.8 Å². The summed E-state index contributed by atoms with van der Waals surface area (Å²) in [6.45, 7) is 1.21. The minimum atomic E-state index is -1.34. The summed E-state index contributed by atoms with van der Waals surface area (Å²) >= 11 is 3.87. The predicted molar refractivity (Wildman–Crippen MR) is 67.9 cm³/mol. The molecule has 0 rings (SSSR count). The molecule has 108 valence electrons. The van der Waals surface area contributed by atoms with Gasteiger partial charge in [0.2, 0.25) is 11.8 Å². The number of carbonyl (C=O) groups is 4. The summed E-state index contributed by atoms with van der Waals surface area (Å²) < 4.78 is 0. The van der Waals surface area contributed by atoms with Crippen LogP contribution in [0.2, 0.25) is 0 Å². The maximum atomic E-state index is 11.7. The average Bonchev–Trinajstić information content (AvgIpc) is 2.30. The van der Waals surface area contributed by atoms with Gasteiger partial charge in [-0.15, -0.1) is 0 Å². The lowest BCUT2D eigenvalue weighted by Crippen LogP contribution is -2.52. The van der Waals surface area contributed by atoms with Crippen molar-refractivity contribution in [1.29, 1.82) is 0 Å². The van der Waals surface area contributed by atoms with Gasteiger partial charge in [0, 0.05) is 19.1 Å². The Labute approximate surface area is 115 Å². The van der Waals surface area contributed by atoms with Gasteiger partial charge in [-0.2, -0.15) is 12.6 Å². The summed E-state index contributed by atoms with van der Waals surface area (Å²) in [7, 11) is 0. The Morgan fingerprint density at radius 2 is 1.68 bits per heavy atom. The van der Waals surface area contributed by atoms with Crippen LogP contribution in [0, 0.1) is 0 Å². The van der Waals surface area contributed by atoms with E-state index in [1.165, 1.54) is 6.92 Å². The first-order valence-corrected chi connectivity index (χ1v) is 6.04. The molecule has 0 radical (unpaired) electrons. The molecule has 0 saturated heterocycles. The lowest BCUT2D eigenvalue weighted by Gasteiger charge is -2.19. The largest absolute Gasteiger partial charge is 0.481 e. The fourth-order valence-electron chi connectivity index (χ4n) is 1.24. The van der Waals surface area contributed by atoms with E-state index in [1.807, 2.05) is 0 Å². The molecule has 9 heteroatoms. The van der Waals surface area contributed by atoms with E-state index in [0.717, 1.165) is 0 Å². The molecule has 0 aromatic heterocycles. The second kappa shape index (κ2) is 8.35. The molecule has 0 aromatic rings. The van der Waals surface area contributed by atoms with Crippen molar-refractivity contribution in [3.63, 3.8) is 0 Å². The van der Waals surface area contributed by atoms with Crippen LogP contribution in [-0.2, 0) is 19.2 Å². The predicted octanol–water partition coefficient (Wildman–Crippen LogP) is -1.14. The van der Waals surface area contributed by atoms with Crippen molar-refractivity contribution in [2.24, 2.45) is 0 Å². The normalized spacial score (nSPS) is 13.2. The van der Waals surface area contributed by atoms with Crippen LogP contribution >= 0.6 is 12.6 Å². The Hall–Kier alpha value is -1.77. The summed E-state index contributed by atoms with van der Waals surface area (Å²) in [5.41, 5.74) is 0. The van der Waals surface area contributed by atoms with Crippen molar-refractivity contribution >= 4 is 36.4 Å². The van der Waals surface area contributed by atoms with Crippen molar-refractivity contribution in [3.8, 4) is 0 Å². The summed E-state index contributed by atoms with van der Waals surface area (Å²) in [5.74, 6) is -3.67. The van der Waals surface area contributed by atoms with Crippen LogP contribution in [0.5, 0.6) is 0 Å². The van der Waals surface area contributed by atoms with Crippen LogP contribution < -0.4 is 10.6 Å². The highest BCUT2D eigenvalue weighted by Gasteiger charge is 2.25. The number of hydrogen-bond acceptors (Lipinski definition) is 5. The summed E-state index contributed by atoms with van der Waals surface area (Å²) in [4.78, 5) is 43.8. The number of amides is 2. The van der Waals surface area contributed by atoms with Gasteiger partial charge in [0.1, 0.15) is 12.1 Å². The Balaban J connectivity index is 4.55. The van der Waals surface area contributed by atoms with Gasteiger partial charge in [0.05, 0.1) is 0 Å². The van der Waals surface area contributed by atoms with Gasteiger partial charge in [-0.1, -0.05) is 0 Å². The molecule has 0 aromatic carbocycles. The Bertz CT molecular complexity index is 373. The van der Waals surface area contributed by atoms with Gasteiger partial charge in [-0.3, -0.25) is 14.4 Å². The van der Waals surface area contributed by atoms with Gasteiger partial charge < -0.3 is 20.8 Å². The Morgan fingerprint density at radius 3 is 2.05 bits per heavy atom. The van der Waals surface area contributed by atoms with Crippen LogP contribution in [0.4, 0.5) is 0 Å². The van der Waals surface area contributed by atoms with Crippen LogP contribution in [0.3, 0.4) is 0 Å². The third kappa shape index (κ3) is 7.29. The lowest BCUT2D eigenvalue weighted by molar-refractivity contribution is -0.143. The Morgan fingerprint density at radius 1 is 1.11 bits per heavy atom. The fraction of sp³-hybridized carbons (Fsp3) is 0.600. The smallest absolute Gasteiger partial charge is 0.326 e. The number of nitrogens with one attached hydrogen (secondary N) is 2. The van der Waals surface area contributed by atoms with Crippen molar-refractivity contribution in [1.82, 2.24) is 10.6 Å². The second-order valence-electron chi connectivity index (χ2n) is 3.77. The van der Waals surface area contributed by atoms with E-state index >= 15 is 0 Å². The number of carbonyl (C=O) groups excluding carboxylic acids is 2. The van der Waals surface area contributed by atoms with Crippen LogP contribution in [0.15, 0.2) is 0 Å². The van der Waals surface area contributed by atoms with Crippen LogP contribution in [0.1, 0.15) is 19.8 Å². The molecule has 0 aliphatic heterocycles. The molecule has 0 spiro atoms. The highest BCUT2D eigenvalue weighted by Crippen LogP contribution is 2.00. The molecular weight excluding hydrogens is 276 g/mol. The van der Waals surface area contributed by atoms with E-state index in [0.29, 0.717) is 0 Å². The summed E-state index contributed by atoms with van der Waals surface area (Å²) in [5, 5.41) is 21.8. The van der Waals surface area contributed by atoms with Gasteiger partial charge in [-0.05, 0) is 6.42 Å². The van der Waals surface area contributed by atoms with Crippen LogP contribution in [0.25, 0.3) is 0 Å². The van der Waals surface area contributed by atoms with Gasteiger partial charge in [0.15, 0.2) is 0 Å². The Kier molecular flexibility index (Phi) is 7.57. The minimum Gasteiger partial charge on any atom is -0.481 e. The summed E-state index contributed by atoms with van der Waals surface area (Å²) in [6, 6.07) is -2.28. The number of aliphatic carboxylic acids is 2. The van der Waals surface area contributed by atoms with E-state index in [2.05, 4.69) is 23.3 Å². The highest BCUT2D eigenvalue weighted by molar-refractivity contribution is 7.80. The van der Waals surface area contributed by atoms with Crippen molar-refractivity contribution in [3.05, 3.63) is 0 Å². The molecular formula is C10H16N2O6S. The number of thiol groups is 1. The van der Waals surface area contributed by atoms with E-state index in [4.69, 9.17) is 10.2 Å². The molecule has 4 N–H and O–H groups in total. The van der Waals surface area contributed by atoms with Crippen molar-refractivity contribution in [2.75, 3.05) is 5.75 Å². The van der Waals surface area contributed by atoms with Gasteiger partial charge in [-0.25, -0.2) is 4.79 Å². The quantitative estimate of drug-likeness (QED) is 0.359. The topological polar surface area (TPSA) is 133 Å². The molecule has 0 heterocycles. The first kappa shape index (κ1) is 17.2. The minimum absolute atomic E-state index is 0.00329. The average molecular weight is 292 g/mol. The van der Waals surface area contributed by atoms with Gasteiger partial charge >= 0.3 is 11.9 Å². The standard InChI is InChI=1S/C10H16N2O6S/c1-5(13)11-7(4-19)9(16)12-6(10(17)18)2-3-8(14)15/h6-7,19H,2-4H2,1H3,(H,11,13)(H,12,16)(H,14,15)(H,17,18)/t6-,7-/m0/s1. The van der Waals surface area contributed by atoms with Crippen molar-refractivity contribution < 1.29 is 29.4 Å². The zero-order chi connectivity index (χ0) is 15.0. The monoisotopic (exact) mass is 292 g/mol.